The molecule has 0 aliphatic carbocycles. The van der Waals surface area contributed by atoms with Crippen molar-refractivity contribution in [1.29, 1.82) is 0 Å². The van der Waals surface area contributed by atoms with Crippen LogP contribution in [0.1, 0.15) is 61.4 Å². The number of carbonyl (C=O) groups excluding carboxylic acids is 3. The maximum absolute atomic E-state index is 15.5. The Balaban J connectivity index is 1.78. The molecule has 0 unspecified atom stereocenters. The van der Waals surface area contributed by atoms with E-state index in [9.17, 15) is 9.59 Å². The van der Waals surface area contributed by atoms with Crippen molar-refractivity contribution < 1.29 is 28.2 Å². The number of rotatable bonds is 9. The van der Waals surface area contributed by atoms with Gasteiger partial charge >= 0.3 is 5.97 Å². The molecular weight excluding hydrogens is 670 g/mol. The Morgan fingerprint density at radius 3 is 2.40 bits per heavy atom. The van der Waals surface area contributed by atoms with Gasteiger partial charge in [0.1, 0.15) is 30.1 Å². The number of halogens is 3. The minimum Gasteiger partial charge on any atom is -0.459 e. The highest BCUT2D eigenvalue weighted by Crippen LogP contribution is 2.62. The Morgan fingerprint density at radius 1 is 1.02 bits per heavy atom. The molecule has 1 fully saturated rings. The second kappa shape index (κ2) is 13.6. The van der Waals surface area contributed by atoms with Crippen molar-refractivity contribution in [2.75, 3.05) is 24.8 Å². The minimum absolute atomic E-state index is 0.0461. The zero-order valence-corrected chi connectivity index (χ0v) is 31.0. The number of fused-ring (bicyclic) bond motifs is 2. The molecule has 2 amide bonds. The van der Waals surface area contributed by atoms with Gasteiger partial charge in [-0.1, -0.05) is 67.1 Å². The number of anilines is 1. The summed E-state index contributed by atoms with van der Waals surface area (Å²) in [7, 11) is -1.43. The zero-order valence-electron chi connectivity index (χ0n) is 28.5. The highest BCUT2D eigenvalue weighted by molar-refractivity contribution is 6.76. The molecule has 0 saturated carbocycles. The van der Waals surface area contributed by atoms with Crippen LogP contribution in [0.3, 0.4) is 0 Å². The molecule has 2 aliphatic rings. The third-order valence-corrected chi connectivity index (χ3v) is 11.2. The Bertz CT molecular complexity index is 1740. The van der Waals surface area contributed by atoms with E-state index < -0.39 is 49.4 Å². The molecule has 2 heterocycles. The van der Waals surface area contributed by atoms with Gasteiger partial charge in [-0.25, -0.2) is 4.39 Å². The maximum Gasteiger partial charge on any atom is 0.326 e. The largest absolute Gasteiger partial charge is 0.459 e. The predicted octanol–water partition coefficient (Wildman–Crippen LogP) is 8.44. The average Bonchev–Trinajstić information content (AvgIpc) is 3.19. The number of nitrogens with zero attached hydrogens (tertiary/aromatic N) is 2. The average molecular weight is 714 g/mol. The summed E-state index contributed by atoms with van der Waals surface area (Å²) < 4.78 is 26.9. The van der Waals surface area contributed by atoms with Crippen LogP contribution in [0.15, 0.2) is 60.7 Å². The quantitative estimate of drug-likeness (QED) is 0.126. The summed E-state index contributed by atoms with van der Waals surface area (Å²) in [6.07, 6.45) is -0.164. The fraction of sp³-hybridized carbons (Fsp3) is 0.432. The normalized spacial score (nSPS) is 21.2. The Morgan fingerprint density at radius 2 is 1.73 bits per heavy atom. The summed E-state index contributed by atoms with van der Waals surface area (Å²) in [6, 6.07) is 16.5. The molecule has 0 radical (unpaired) electrons. The number of hydrogen-bond donors (Lipinski definition) is 0. The van der Waals surface area contributed by atoms with Gasteiger partial charge in [0.15, 0.2) is 0 Å². The maximum atomic E-state index is 15.5. The lowest BCUT2D eigenvalue weighted by molar-refractivity contribution is -0.164. The number of likely N-dealkylation sites (tertiary alicyclic amines) is 1. The number of piperidine rings is 1. The Labute approximate surface area is 293 Å². The van der Waals surface area contributed by atoms with Crippen LogP contribution in [0.4, 0.5) is 10.1 Å². The number of hydrogen-bond acceptors (Lipinski definition) is 5. The number of aryl methyl sites for hydroxylation is 1. The van der Waals surface area contributed by atoms with Gasteiger partial charge < -0.3 is 14.4 Å². The highest BCUT2D eigenvalue weighted by Gasteiger charge is 2.65. The Kier molecular flexibility index (Phi) is 10.2. The first-order valence-corrected chi connectivity index (χ1v) is 20.6. The van der Waals surface area contributed by atoms with Gasteiger partial charge in [0, 0.05) is 37.1 Å². The van der Waals surface area contributed by atoms with Crippen molar-refractivity contribution in [2.24, 2.45) is 0 Å². The van der Waals surface area contributed by atoms with Crippen molar-refractivity contribution in [1.82, 2.24) is 4.90 Å². The van der Waals surface area contributed by atoms with Crippen LogP contribution >= 0.6 is 23.2 Å². The lowest BCUT2D eigenvalue weighted by Gasteiger charge is -2.52. The van der Waals surface area contributed by atoms with Crippen LogP contribution in [0.25, 0.3) is 0 Å². The van der Waals surface area contributed by atoms with Crippen molar-refractivity contribution in [3.05, 3.63) is 98.8 Å². The summed E-state index contributed by atoms with van der Waals surface area (Å²) in [6.45, 7) is 13.9. The molecule has 0 bridgehead atoms. The SMILES string of the molecule is Cc1ccc(F)cc1[C@H]1CC(=O)N(CC(=O)OC(C)(C)C)[C@H](c2cccc(Cl)c2)[C@]12C(=O)N(COCC[Si](C)(C)C)c1cc(Cl)ccc12. The number of benzene rings is 3. The number of esters is 1. The molecule has 48 heavy (non-hydrogen) atoms. The van der Waals surface area contributed by atoms with E-state index in [1.54, 1.807) is 74.2 Å². The van der Waals surface area contributed by atoms with Crippen molar-refractivity contribution in [3.8, 4) is 0 Å². The molecule has 7 nitrogen and oxygen atoms in total. The van der Waals surface area contributed by atoms with E-state index in [0.29, 0.717) is 39.0 Å². The van der Waals surface area contributed by atoms with Gasteiger partial charge in [-0.15, -0.1) is 0 Å². The van der Waals surface area contributed by atoms with Gasteiger partial charge in [0.25, 0.3) is 0 Å². The molecule has 256 valence electrons. The van der Waals surface area contributed by atoms with E-state index in [-0.39, 0.29) is 25.0 Å². The van der Waals surface area contributed by atoms with Gasteiger partial charge in [-0.05, 0) is 92.4 Å². The Hall–Kier alpha value is -3.24. The molecule has 2 aliphatic heterocycles. The topological polar surface area (TPSA) is 76.2 Å². The van der Waals surface area contributed by atoms with Gasteiger partial charge in [0.2, 0.25) is 11.8 Å². The van der Waals surface area contributed by atoms with E-state index in [4.69, 9.17) is 32.7 Å². The number of carbonyl (C=O) groups is 3. The standard InChI is InChI=1S/C37H43Cl2FN2O5Si/c1-23-11-13-27(40)19-28(23)30-20-32(43)41(21-33(44)47-36(2,3)4)34(24-9-8-10-25(38)17-24)37(30)29-14-12-26(39)18-31(29)42(35(37)45)22-46-15-16-48(5,6)7/h8-14,17-19,30,34H,15-16,20-22H2,1-7H3/t30-,34-,37-/m1/s1. The van der Waals surface area contributed by atoms with E-state index in [0.717, 1.165) is 11.6 Å². The molecule has 5 rings (SSSR count). The second-order valence-electron chi connectivity index (χ2n) is 14.9. The zero-order chi connectivity index (χ0) is 35.2. The molecule has 0 N–H and O–H groups in total. The van der Waals surface area contributed by atoms with Crippen molar-refractivity contribution in [2.45, 2.75) is 82.8 Å². The number of ether oxygens (including phenoxy) is 2. The molecule has 3 aromatic carbocycles. The lowest BCUT2D eigenvalue weighted by Crippen LogP contribution is -2.60. The minimum atomic E-state index is -1.53. The van der Waals surface area contributed by atoms with Gasteiger partial charge in [-0.3, -0.25) is 19.3 Å². The number of amides is 2. The first-order valence-electron chi connectivity index (χ1n) is 16.1. The van der Waals surface area contributed by atoms with E-state index in [1.807, 2.05) is 6.92 Å². The third-order valence-electron chi connectivity index (χ3n) is 9.00. The third kappa shape index (κ3) is 7.20. The smallest absolute Gasteiger partial charge is 0.326 e. The summed E-state index contributed by atoms with van der Waals surface area (Å²) in [4.78, 5) is 46.3. The monoisotopic (exact) mass is 712 g/mol. The summed E-state index contributed by atoms with van der Waals surface area (Å²) in [5, 5.41) is 0.811. The fourth-order valence-corrected chi connectivity index (χ4v) is 8.10. The molecule has 1 spiro atoms. The molecule has 11 heteroatoms. The first-order chi connectivity index (χ1) is 22.4. The van der Waals surface area contributed by atoms with Gasteiger partial charge in [-0.2, -0.15) is 0 Å². The first kappa shape index (κ1) is 36.0. The molecule has 0 aromatic heterocycles. The van der Waals surface area contributed by atoms with Crippen molar-refractivity contribution >= 4 is 54.7 Å². The highest BCUT2D eigenvalue weighted by atomic mass is 35.5. The van der Waals surface area contributed by atoms with Crippen molar-refractivity contribution in [3.63, 3.8) is 0 Å². The van der Waals surface area contributed by atoms with Crippen LogP contribution in [-0.2, 0) is 29.3 Å². The summed E-state index contributed by atoms with van der Waals surface area (Å²) >= 11 is 13.1. The summed E-state index contributed by atoms with van der Waals surface area (Å²) in [5.74, 6) is -2.64. The predicted molar refractivity (Wildman–Crippen MR) is 190 cm³/mol. The lowest BCUT2D eigenvalue weighted by atomic mass is 9.58. The van der Waals surface area contributed by atoms with Crippen LogP contribution in [0, 0.1) is 12.7 Å². The van der Waals surface area contributed by atoms with Crippen LogP contribution < -0.4 is 4.90 Å². The van der Waals surface area contributed by atoms with Crippen LogP contribution in [0.2, 0.25) is 35.7 Å². The van der Waals surface area contributed by atoms with E-state index >= 15 is 9.18 Å². The fourth-order valence-electron chi connectivity index (χ4n) is 6.98. The van der Waals surface area contributed by atoms with E-state index in [2.05, 4.69) is 19.6 Å². The second-order valence-corrected chi connectivity index (χ2v) is 21.4. The summed E-state index contributed by atoms with van der Waals surface area (Å²) in [5.41, 5.74) is 0.617. The van der Waals surface area contributed by atoms with E-state index in [1.165, 1.54) is 17.0 Å². The molecule has 3 aromatic rings. The van der Waals surface area contributed by atoms with Crippen LogP contribution in [-0.4, -0.2) is 56.2 Å². The molecule has 3 atom stereocenters. The van der Waals surface area contributed by atoms with Crippen LogP contribution in [0.5, 0.6) is 0 Å². The molecule has 1 saturated heterocycles. The van der Waals surface area contributed by atoms with Gasteiger partial charge in [0.05, 0.1) is 11.7 Å². The molecular formula is C37H43Cl2FN2O5Si.